The van der Waals surface area contributed by atoms with Gasteiger partial charge in [0.05, 0.1) is 25.8 Å². The fourth-order valence-corrected chi connectivity index (χ4v) is 3.23. The summed E-state index contributed by atoms with van der Waals surface area (Å²) in [6, 6.07) is 7.94. The molecular formula is C20H20N2O5. The van der Waals surface area contributed by atoms with Gasteiger partial charge in [-0.3, -0.25) is 14.6 Å². The van der Waals surface area contributed by atoms with Gasteiger partial charge in [0.2, 0.25) is 0 Å². The summed E-state index contributed by atoms with van der Waals surface area (Å²) in [4.78, 5) is 30.4. The van der Waals surface area contributed by atoms with Crippen LogP contribution >= 0.6 is 0 Å². The van der Waals surface area contributed by atoms with Crippen LogP contribution in [0.3, 0.4) is 0 Å². The first-order valence-corrected chi connectivity index (χ1v) is 8.33. The second kappa shape index (κ2) is 7.49. The number of rotatable bonds is 6. The predicted molar refractivity (Wildman–Crippen MR) is 97.4 cm³/mol. The van der Waals surface area contributed by atoms with Crippen molar-refractivity contribution in [2.45, 2.75) is 19.5 Å². The van der Waals surface area contributed by atoms with E-state index in [2.05, 4.69) is 4.98 Å². The van der Waals surface area contributed by atoms with Crippen LogP contribution in [0.1, 0.15) is 24.1 Å². The van der Waals surface area contributed by atoms with Gasteiger partial charge in [-0.05, 0) is 30.7 Å². The Morgan fingerprint density at radius 2 is 2.04 bits per heavy atom. The number of aromatic nitrogens is 1. The number of ether oxygens (including phenoxy) is 2. The Morgan fingerprint density at radius 1 is 1.26 bits per heavy atom. The molecule has 0 saturated heterocycles. The van der Waals surface area contributed by atoms with E-state index in [9.17, 15) is 14.7 Å². The van der Waals surface area contributed by atoms with Crippen LogP contribution in [-0.2, 0) is 16.1 Å². The van der Waals surface area contributed by atoms with Crippen molar-refractivity contribution in [3.8, 4) is 11.5 Å². The highest BCUT2D eigenvalue weighted by molar-refractivity contribution is 6.08. The molecule has 0 spiro atoms. The lowest BCUT2D eigenvalue weighted by Crippen LogP contribution is -2.30. The number of pyridine rings is 1. The van der Waals surface area contributed by atoms with E-state index in [1.165, 1.54) is 26.0 Å². The Balaban J connectivity index is 2.11. The molecule has 0 fully saturated rings. The summed E-state index contributed by atoms with van der Waals surface area (Å²) >= 11 is 0. The van der Waals surface area contributed by atoms with Gasteiger partial charge in [0, 0.05) is 30.6 Å². The van der Waals surface area contributed by atoms with Crippen LogP contribution in [0, 0.1) is 0 Å². The molecule has 2 heterocycles. The van der Waals surface area contributed by atoms with Crippen molar-refractivity contribution in [3.63, 3.8) is 0 Å². The van der Waals surface area contributed by atoms with Gasteiger partial charge in [-0.25, -0.2) is 0 Å². The quantitative estimate of drug-likeness (QED) is 0.843. The molecule has 0 bridgehead atoms. The van der Waals surface area contributed by atoms with Crippen molar-refractivity contribution < 1.29 is 24.2 Å². The molecule has 0 aliphatic carbocycles. The predicted octanol–water partition coefficient (Wildman–Crippen LogP) is 2.58. The van der Waals surface area contributed by atoms with Crippen LogP contribution in [0.25, 0.3) is 0 Å². The first-order chi connectivity index (χ1) is 13.0. The molecule has 140 valence electrons. The number of hydrogen-bond acceptors (Lipinski definition) is 6. The molecule has 7 nitrogen and oxygen atoms in total. The lowest BCUT2D eigenvalue weighted by molar-refractivity contribution is -0.130. The summed E-state index contributed by atoms with van der Waals surface area (Å²) in [7, 11) is 3.03. The number of amides is 1. The van der Waals surface area contributed by atoms with Crippen LogP contribution in [0.5, 0.6) is 11.5 Å². The normalized spacial score (nSPS) is 16.6. The zero-order valence-corrected chi connectivity index (χ0v) is 15.3. The highest BCUT2D eigenvalue weighted by Crippen LogP contribution is 2.43. The van der Waals surface area contributed by atoms with Gasteiger partial charge in [0.15, 0.2) is 11.5 Å². The fraction of sp³-hybridized carbons (Fsp3) is 0.250. The molecule has 0 saturated carbocycles. The third-order valence-electron chi connectivity index (χ3n) is 4.49. The van der Waals surface area contributed by atoms with E-state index in [4.69, 9.17) is 9.47 Å². The highest BCUT2D eigenvalue weighted by Gasteiger charge is 2.43. The van der Waals surface area contributed by atoms with E-state index in [1.54, 1.807) is 36.7 Å². The van der Waals surface area contributed by atoms with Crippen LogP contribution in [0.2, 0.25) is 0 Å². The van der Waals surface area contributed by atoms with Crippen LogP contribution in [-0.4, -0.2) is 40.9 Å². The molecule has 1 aliphatic heterocycles. The molecule has 0 unspecified atom stereocenters. The lowest BCUT2D eigenvalue weighted by atomic mass is 9.95. The molecule has 0 radical (unpaired) electrons. The summed E-state index contributed by atoms with van der Waals surface area (Å²) in [5.74, 6) is -0.480. The Bertz CT molecular complexity index is 908. The van der Waals surface area contributed by atoms with E-state index in [0.29, 0.717) is 17.1 Å². The van der Waals surface area contributed by atoms with Crippen LogP contribution in [0.15, 0.2) is 54.1 Å². The zero-order chi connectivity index (χ0) is 19.6. The van der Waals surface area contributed by atoms with Gasteiger partial charge in [-0.1, -0.05) is 6.07 Å². The highest BCUT2D eigenvalue weighted by atomic mass is 16.5. The molecule has 1 aromatic carbocycles. The smallest absolute Gasteiger partial charge is 0.290 e. The largest absolute Gasteiger partial charge is 0.503 e. The second-order valence-corrected chi connectivity index (χ2v) is 6.12. The molecule has 7 heteroatoms. The Kier molecular flexibility index (Phi) is 5.12. The van der Waals surface area contributed by atoms with Gasteiger partial charge in [-0.15, -0.1) is 0 Å². The van der Waals surface area contributed by atoms with E-state index < -0.39 is 17.7 Å². The average Bonchev–Trinajstić information content (AvgIpc) is 2.93. The van der Waals surface area contributed by atoms with Crippen molar-refractivity contribution in [2.24, 2.45) is 0 Å². The molecule has 1 amide bonds. The van der Waals surface area contributed by atoms with Gasteiger partial charge in [-0.2, -0.15) is 0 Å². The number of Topliss-reactive ketones (excluding diaryl/α,β-unsaturated/α-hetero) is 1. The number of ketones is 1. The van der Waals surface area contributed by atoms with Crippen LogP contribution in [0.4, 0.5) is 0 Å². The molecule has 1 aliphatic rings. The number of benzene rings is 1. The number of hydrogen-bond donors (Lipinski definition) is 1. The number of carbonyl (C=O) groups is 2. The molecule has 3 rings (SSSR count). The standard InChI is InChI=1S/C20H20N2O5/c1-12(23)17-18(15-7-6-14(26-2)9-16(15)27-3)22(20(25)19(17)24)11-13-5-4-8-21-10-13/h4-10,18,24H,11H2,1-3H3/t18-/m0/s1. The molecule has 1 atom stereocenters. The van der Waals surface area contributed by atoms with Gasteiger partial charge >= 0.3 is 0 Å². The van der Waals surface area contributed by atoms with Gasteiger partial charge in [0.25, 0.3) is 5.91 Å². The number of aliphatic hydroxyl groups excluding tert-OH is 1. The SMILES string of the molecule is COc1ccc([C@H]2C(C(C)=O)=C(O)C(=O)N2Cc2cccnc2)c(OC)c1. The number of aliphatic hydroxyl groups is 1. The summed E-state index contributed by atoms with van der Waals surface area (Å²) < 4.78 is 10.7. The monoisotopic (exact) mass is 368 g/mol. The maximum absolute atomic E-state index is 12.7. The van der Waals surface area contributed by atoms with E-state index in [-0.39, 0.29) is 17.9 Å². The minimum absolute atomic E-state index is 0.0485. The summed E-state index contributed by atoms with van der Waals surface area (Å²) in [5, 5.41) is 10.4. The van der Waals surface area contributed by atoms with Crippen molar-refractivity contribution in [1.29, 1.82) is 0 Å². The number of carbonyl (C=O) groups excluding carboxylic acids is 2. The topological polar surface area (TPSA) is 89.0 Å². The zero-order valence-electron chi connectivity index (χ0n) is 15.3. The molecule has 1 aromatic heterocycles. The molecular weight excluding hydrogens is 348 g/mol. The molecule has 1 N–H and O–H groups in total. The van der Waals surface area contributed by atoms with Crippen molar-refractivity contribution in [3.05, 3.63) is 65.2 Å². The summed E-state index contributed by atoms with van der Waals surface area (Å²) in [6.45, 7) is 1.52. The van der Waals surface area contributed by atoms with Crippen molar-refractivity contribution in [2.75, 3.05) is 14.2 Å². The third kappa shape index (κ3) is 3.36. The summed E-state index contributed by atoms with van der Waals surface area (Å²) in [5.41, 5.74) is 1.41. The van der Waals surface area contributed by atoms with Gasteiger partial charge in [0.1, 0.15) is 11.5 Å². The third-order valence-corrected chi connectivity index (χ3v) is 4.49. The van der Waals surface area contributed by atoms with Crippen LogP contribution < -0.4 is 9.47 Å². The first kappa shape index (κ1) is 18.4. The maximum Gasteiger partial charge on any atom is 0.290 e. The van der Waals surface area contributed by atoms with E-state index in [0.717, 1.165) is 5.56 Å². The van der Waals surface area contributed by atoms with E-state index >= 15 is 0 Å². The molecule has 2 aromatic rings. The fourth-order valence-electron chi connectivity index (χ4n) is 3.23. The Labute approximate surface area is 156 Å². The Hall–Kier alpha value is -3.35. The lowest BCUT2D eigenvalue weighted by Gasteiger charge is -2.28. The number of nitrogens with zero attached hydrogens (tertiary/aromatic N) is 2. The Morgan fingerprint density at radius 3 is 2.63 bits per heavy atom. The molecule has 27 heavy (non-hydrogen) atoms. The van der Waals surface area contributed by atoms with Crippen molar-refractivity contribution >= 4 is 11.7 Å². The van der Waals surface area contributed by atoms with Gasteiger partial charge < -0.3 is 19.5 Å². The van der Waals surface area contributed by atoms with E-state index in [1.807, 2.05) is 6.07 Å². The van der Waals surface area contributed by atoms with Crippen molar-refractivity contribution in [1.82, 2.24) is 9.88 Å². The second-order valence-electron chi connectivity index (χ2n) is 6.12. The summed E-state index contributed by atoms with van der Waals surface area (Å²) in [6.07, 6.45) is 3.27. The number of methoxy groups -OCH3 is 2. The first-order valence-electron chi connectivity index (χ1n) is 8.33. The minimum atomic E-state index is -0.768. The average molecular weight is 368 g/mol. The minimum Gasteiger partial charge on any atom is -0.503 e. The maximum atomic E-state index is 12.7.